The van der Waals surface area contributed by atoms with E-state index in [-0.39, 0.29) is 18.9 Å². The lowest BCUT2D eigenvalue weighted by Gasteiger charge is -2.29. The van der Waals surface area contributed by atoms with Crippen LogP contribution >= 0.6 is 0 Å². The van der Waals surface area contributed by atoms with Gasteiger partial charge in [-0.05, 0) is 83.0 Å². The number of aliphatic hydroxyl groups is 1. The maximum Gasteiger partial charge on any atom is 0.303 e. The number of fused-ring (bicyclic) bond motifs is 1. The molecular weight excluding hydrogens is 495 g/mol. The number of hydrogen-bond acceptors (Lipinski definition) is 4. The Balaban J connectivity index is 0.00000205. The third-order valence-corrected chi connectivity index (χ3v) is 7.25. The minimum absolute atomic E-state index is 0.00372. The van der Waals surface area contributed by atoms with Crippen LogP contribution in [0.5, 0.6) is 11.5 Å². The molecular formula is C33H39FO5. The smallest absolute Gasteiger partial charge is 0.303 e. The fraction of sp³-hybridized carbons (Fsp3) is 0.364. The summed E-state index contributed by atoms with van der Waals surface area (Å²) in [5, 5.41) is 20.5. The Morgan fingerprint density at radius 3 is 2.49 bits per heavy atom. The molecule has 0 fully saturated rings. The van der Waals surface area contributed by atoms with E-state index < -0.39 is 23.3 Å². The van der Waals surface area contributed by atoms with Crippen molar-refractivity contribution in [3.05, 3.63) is 95.3 Å². The van der Waals surface area contributed by atoms with Gasteiger partial charge in [0.25, 0.3) is 0 Å². The monoisotopic (exact) mass is 534 g/mol. The van der Waals surface area contributed by atoms with Gasteiger partial charge < -0.3 is 19.7 Å². The molecule has 0 heterocycles. The SMILES string of the molecule is C=CC(C)(C)C(O)c1cc(COc2ccc3c(c2)C(CC(=O)O)CC3)ccc1-c1cc(OC)ccc1F.CC. The van der Waals surface area contributed by atoms with Crippen molar-refractivity contribution < 1.29 is 28.9 Å². The molecule has 0 aromatic heterocycles. The average molecular weight is 535 g/mol. The molecule has 6 heteroatoms. The van der Waals surface area contributed by atoms with E-state index in [0.717, 1.165) is 24.0 Å². The summed E-state index contributed by atoms with van der Waals surface area (Å²) in [7, 11) is 1.52. The number of methoxy groups -OCH3 is 1. The molecule has 4 rings (SSSR count). The van der Waals surface area contributed by atoms with Crippen molar-refractivity contribution in [3.63, 3.8) is 0 Å². The highest BCUT2D eigenvalue weighted by Gasteiger charge is 2.29. The standard InChI is InChI=1S/C31H33FO5.C2H6/c1-5-31(2,3)30(35)27-14-19(6-12-24(27)26-16-22(36-4)11-13-28(26)32)18-37-23-10-9-20-7-8-21(15-29(33)34)25(20)17-23;1-2/h5-6,9-14,16-17,21,30,35H,1,7-8,15,18H2,2-4H3,(H,33,34);1-2H3. The molecule has 208 valence electrons. The molecule has 1 aliphatic carbocycles. The number of benzene rings is 3. The van der Waals surface area contributed by atoms with Gasteiger partial charge in [-0.2, -0.15) is 0 Å². The maximum absolute atomic E-state index is 14.9. The number of rotatable bonds is 10. The first-order valence-electron chi connectivity index (χ1n) is 13.4. The highest BCUT2D eigenvalue weighted by Crippen LogP contribution is 2.41. The lowest BCUT2D eigenvalue weighted by atomic mass is 9.79. The number of halogens is 1. The third-order valence-electron chi connectivity index (χ3n) is 7.25. The first-order valence-corrected chi connectivity index (χ1v) is 13.4. The van der Waals surface area contributed by atoms with Gasteiger partial charge in [-0.1, -0.05) is 52.0 Å². The van der Waals surface area contributed by atoms with Crippen molar-refractivity contribution in [1.29, 1.82) is 0 Å². The number of carbonyl (C=O) groups is 1. The molecule has 2 atom stereocenters. The summed E-state index contributed by atoms with van der Waals surface area (Å²) < 4.78 is 26.3. The summed E-state index contributed by atoms with van der Waals surface area (Å²) >= 11 is 0. The number of ether oxygens (including phenoxy) is 2. The van der Waals surface area contributed by atoms with Crippen molar-refractivity contribution in [1.82, 2.24) is 0 Å². The third kappa shape index (κ3) is 6.87. The van der Waals surface area contributed by atoms with Gasteiger partial charge in [0.15, 0.2) is 0 Å². The first-order chi connectivity index (χ1) is 18.6. The number of aliphatic carboxylic acids is 1. The predicted octanol–water partition coefficient (Wildman–Crippen LogP) is 7.86. The second-order valence-electron chi connectivity index (χ2n) is 10.2. The molecule has 3 aromatic carbocycles. The fourth-order valence-electron chi connectivity index (χ4n) is 4.87. The van der Waals surface area contributed by atoms with Crippen molar-refractivity contribution >= 4 is 5.97 Å². The van der Waals surface area contributed by atoms with Gasteiger partial charge >= 0.3 is 5.97 Å². The Labute approximate surface area is 230 Å². The van der Waals surface area contributed by atoms with Gasteiger partial charge in [0, 0.05) is 11.0 Å². The fourth-order valence-corrected chi connectivity index (χ4v) is 4.87. The molecule has 2 N–H and O–H groups in total. The maximum atomic E-state index is 14.9. The lowest BCUT2D eigenvalue weighted by Crippen LogP contribution is -2.20. The zero-order chi connectivity index (χ0) is 28.7. The van der Waals surface area contributed by atoms with Gasteiger partial charge in [-0.15, -0.1) is 6.58 Å². The van der Waals surface area contributed by atoms with Crippen molar-refractivity contribution in [2.45, 2.75) is 65.6 Å². The predicted molar refractivity (Wildman–Crippen MR) is 153 cm³/mol. The van der Waals surface area contributed by atoms with E-state index in [1.807, 2.05) is 58.0 Å². The molecule has 39 heavy (non-hydrogen) atoms. The zero-order valence-electron chi connectivity index (χ0n) is 23.5. The molecule has 0 bridgehead atoms. The van der Waals surface area contributed by atoms with Crippen LogP contribution in [0, 0.1) is 11.2 Å². The molecule has 3 aromatic rings. The summed E-state index contributed by atoms with van der Waals surface area (Å²) in [6.07, 6.45) is 2.55. The van der Waals surface area contributed by atoms with Gasteiger partial charge in [-0.25, -0.2) is 4.39 Å². The van der Waals surface area contributed by atoms with Gasteiger partial charge in [-0.3, -0.25) is 4.79 Å². The number of carboxylic acid groups (broad SMARTS) is 1. The van der Waals surface area contributed by atoms with E-state index in [0.29, 0.717) is 28.2 Å². The summed E-state index contributed by atoms with van der Waals surface area (Å²) in [5.74, 6) is -0.0394. The highest BCUT2D eigenvalue weighted by atomic mass is 19.1. The lowest BCUT2D eigenvalue weighted by molar-refractivity contribution is -0.137. The van der Waals surface area contributed by atoms with Crippen LogP contribution in [0.25, 0.3) is 11.1 Å². The molecule has 0 spiro atoms. The van der Waals surface area contributed by atoms with Crippen LogP contribution in [0.2, 0.25) is 0 Å². The Kier molecular flexibility index (Phi) is 9.92. The Hall–Kier alpha value is -3.64. The number of aryl methyl sites for hydroxylation is 1. The molecule has 0 amide bonds. The largest absolute Gasteiger partial charge is 0.497 e. The molecule has 1 aliphatic rings. The number of hydrogen-bond donors (Lipinski definition) is 2. The number of aliphatic hydroxyl groups excluding tert-OH is 1. The molecule has 0 radical (unpaired) electrons. The first kappa shape index (κ1) is 29.9. The van der Waals surface area contributed by atoms with Crippen LogP contribution in [0.1, 0.15) is 74.8 Å². The van der Waals surface area contributed by atoms with Crippen LogP contribution in [-0.2, 0) is 17.8 Å². The van der Waals surface area contributed by atoms with E-state index in [2.05, 4.69) is 6.58 Å². The van der Waals surface area contributed by atoms with Crippen molar-refractivity contribution in [2.75, 3.05) is 7.11 Å². The molecule has 0 saturated carbocycles. The Morgan fingerprint density at radius 1 is 1.10 bits per heavy atom. The van der Waals surface area contributed by atoms with E-state index in [4.69, 9.17) is 9.47 Å². The van der Waals surface area contributed by atoms with Gasteiger partial charge in [0.2, 0.25) is 0 Å². The van der Waals surface area contributed by atoms with Crippen LogP contribution in [0.4, 0.5) is 4.39 Å². The zero-order valence-corrected chi connectivity index (χ0v) is 23.5. The number of carboxylic acids is 1. The Morgan fingerprint density at radius 2 is 1.82 bits per heavy atom. The summed E-state index contributed by atoms with van der Waals surface area (Å²) in [6, 6.07) is 15.9. The Bertz CT molecular complexity index is 1310. The topological polar surface area (TPSA) is 76.0 Å². The second kappa shape index (κ2) is 12.9. The van der Waals surface area contributed by atoms with E-state index in [9.17, 15) is 19.4 Å². The molecule has 5 nitrogen and oxygen atoms in total. The highest BCUT2D eigenvalue weighted by molar-refractivity contribution is 5.71. The molecule has 0 aliphatic heterocycles. The second-order valence-corrected chi connectivity index (χ2v) is 10.2. The molecule has 2 unspecified atom stereocenters. The van der Waals surface area contributed by atoms with Crippen LogP contribution in [0.3, 0.4) is 0 Å². The van der Waals surface area contributed by atoms with Crippen molar-refractivity contribution in [3.8, 4) is 22.6 Å². The average Bonchev–Trinajstić information content (AvgIpc) is 3.34. The van der Waals surface area contributed by atoms with Gasteiger partial charge in [0.1, 0.15) is 23.9 Å². The van der Waals surface area contributed by atoms with Crippen LogP contribution in [0.15, 0.2) is 67.3 Å². The minimum Gasteiger partial charge on any atom is -0.497 e. The quantitative estimate of drug-likeness (QED) is 0.259. The van der Waals surface area contributed by atoms with E-state index in [1.165, 1.54) is 18.7 Å². The summed E-state index contributed by atoms with van der Waals surface area (Å²) in [4.78, 5) is 11.2. The van der Waals surface area contributed by atoms with Gasteiger partial charge in [0.05, 0.1) is 19.6 Å². The summed E-state index contributed by atoms with van der Waals surface area (Å²) in [5.41, 5.74) is 3.81. The van der Waals surface area contributed by atoms with E-state index in [1.54, 1.807) is 24.3 Å². The molecule has 0 saturated heterocycles. The summed E-state index contributed by atoms with van der Waals surface area (Å²) in [6.45, 7) is 11.8. The minimum atomic E-state index is -0.942. The van der Waals surface area contributed by atoms with Crippen LogP contribution in [-0.4, -0.2) is 23.3 Å². The van der Waals surface area contributed by atoms with E-state index >= 15 is 0 Å². The normalized spacial score (nSPS) is 15.0. The van der Waals surface area contributed by atoms with Crippen LogP contribution < -0.4 is 9.47 Å². The van der Waals surface area contributed by atoms with Crippen molar-refractivity contribution in [2.24, 2.45) is 5.41 Å².